The van der Waals surface area contributed by atoms with Crippen LogP contribution in [0, 0.1) is 6.92 Å². The van der Waals surface area contributed by atoms with E-state index in [9.17, 15) is 4.79 Å². The smallest absolute Gasteiger partial charge is 0.234 e. The summed E-state index contributed by atoms with van der Waals surface area (Å²) in [5.41, 5.74) is 1.65. The number of nitrogens with zero attached hydrogens (tertiary/aromatic N) is 3. The van der Waals surface area contributed by atoms with E-state index in [1.165, 1.54) is 6.92 Å². The average molecular weight is 217 g/mol. The minimum atomic E-state index is -0.00653. The van der Waals surface area contributed by atoms with Crippen LogP contribution in [-0.4, -0.2) is 20.9 Å². The number of pyridine rings is 1. The zero-order valence-electron chi connectivity index (χ0n) is 9.10. The third-order valence-electron chi connectivity index (χ3n) is 2.09. The van der Waals surface area contributed by atoms with Gasteiger partial charge < -0.3 is 4.52 Å². The summed E-state index contributed by atoms with van der Waals surface area (Å²) >= 11 is 0. The van der Waals surface area contributed by atoms with Crippen molar-refractivity contribution in [2.75, 3.05) is 0 Å². The molecule has 0 saturated carbocycles. The van der Waals surface area contributed by atoms with Gasteiger partial charge in [0.1, 0.15) is 11.5 Å². The summed E-state index contributed by atoms with van der Waals surface area (Å²) < 4.78 is 4.96. The molecule has 0 fully saturated rings. The molecule has 0 bridgehead atoms. The highest BCUT2D eigenvalue weighted by molar-refractivity contribution is 5.77. The molecule has 0 aromatic carbocycles. The number of aryl methyl sites for hydroxylation is 1. The Morgan fingerprint density at radius 2 is 2.31 bits per heavy atom. The molecule has 0 aliphatic carbocycles. The van der Waals surface area contributed by atoms with E-state index in [0.717, 1.165) is 5.56 Å². The number of rotatable bonds is 3. The van der Waals surface area contributed by atoms with Crippen molar-refractivity contribution in [2.24, 2.45) is 0 Å². The lowest BCUT2D eigenvalue weighted by molar-refractivity contribution is -0.116. The number of Topliss-reactive ketones (excluding diaryl/α,β-unsaturated/α-hetero) is 1. The molecule has 0 unspecified atom stereocenters. The Kier molecular flexibility index (Phi) is 2.76. The predicted octanol–water partition coefficient (Wildman–Crippen LogP) is 1.57. The fourth-order valence-corrected chi connectivity index (χ4v) is 1.36. The van der Waals surface area contributed by atoms with Crippen LogP contribution < -0.4 is 0 Å². The fraction of sp³-hybridized carbons (Fsp3) is 0.273. The number of hydrogen-bond acceptors (Lipinski definition) is 5. The van der Waals surface area contributed by atoms with Crippen molar-refractivity contribution >= 4 is 5.78 Å². The minimum absolute atomic E-state index is 0.00653. The largest absolute Gasteiger partial charge is 0.338 e. The number of carbonyl (C=O) groups excluding carboxylic acids is 1. The van der Waals surface area contributed by atoms with Gasteiger partial charge in [0.2, 0.25) is 11.7 Å². The Hall–Kier alpha value is -2.04. The number of carbonyl (C=O) groups is 1. The van der Waals surface area contributed by atoms with E-state index in [0.29, 0.717) is 17.4 Å². The molecule has 0 aliphatic heterocycles. The summed E-state index contributed by atoms with van der Waals surface area (Å²) in [6.45, 7) is 3.40. The molecule has 0 N–H and O–H groups in total. The van der Waals surface area contributed by atoms with Gasteiger partial charge in [0.05, 0.1) is 6.42 Å². The highest BCUT2D eigenvalue weighted by Crippen LogP contribution is 2.16. The average Bonchev–Trinajstić information content (AvgIpc) is 2.66. The summed E-state index contributed by atoms with van der Waals surface area (Å²) in [6, 6.07) is 3.76. The van der Waals surface area contributed by atoms with Gasteiger partial charge >= 0.3 is 0 Å². The van der Waals surface area contributed by atoms with Crippen LogP contribution in [0.3, 0.4) is 0 Å². The first-order chi connectivity index (χ1) is 7.66. The molecular formula is C11H11N3O2. The first-order valence-corrected chi connectivity index (χ1v) is 4.91. The third-order valence-corrected chi connectivity index (χ3v) is 2.09. The molecule has 0 amide bonds. The standard InChI is InChI=1S/C11H11N3O2/c1-7-4-3-5-12-10(7)11-13-9(16-14-11)6-8(2)15/h3-5H,6H2,1-2H3. The zero-order valence-corrected chi connectivity index (χ0v) is 9.10. The Balaban J connectivity index is 2.32. The summed E-state index contributed by atoms with van der Waals surface area (Å²) in [6.07, 6.45) is 1.84. The molecule has 2 aromatic heterocycles. The van der Waals surface area contributed by atoms with Gasteiger partial charge in [-0.25, -0.2) is 0 Å². The number of ketones is 1. The Labute approximate surface area is 92.5 Å². The van der Waals surface area contributed by atoms with Gasteiger partial charge in [-0.3, -0.25) is 9.78 Å². The van der Waals surface area contributed by atoms with E-state index < -0.39 is 0 Å². The molecule has 16 heavy (non-hydrogen) atoms. The molecule has 82 valence electrons. The number of hydrogen-bond donors (Lipinski definition) is 0. The quantitative estimate of drug-likeness (QED) is 0.780. The van der Waals surface area contributed by atoms with Crippen LogP contribution in [0.5, 0.6) is 0 Å². The molecule has 5 nitrogen and oxygen atoms in total. The maximum atomic E-state index is 10.9. The molecule has 0 spiro atoms. The third kappa shape index (κ3) is 2.13. The van der Waals surface area contributed by atoms with Gasteiger partial charge in [-0.1, -0.05) is 11.2 Å². The monoisotopic (exact) mass is 217 g/mol. The maximum Gasteiger partial charge on any atom is 0.234 e. The Morgan fingerprint density at radius 3 is 3.00 bits per heavy atom. The first kappa shape index (κ1) is 10.5. The summed E-state index contributed by atoms with van der Waals surface area (Å²) in [7, 11) is 0. The van der Waals surface area contributed by atoms with Gasteiger partial charge in [0, 0.05) is 6.20 Å². The van der Waals surface area contributed by atoms with Crippen molar-refractivity contribution < 1.29 is 9.32 Å². The molecule has 0 aliphatic rings. The second-order valence-corrected chi connectivity index (χ2v) is 3.56. The van der Waals surface area contributed by atoms with E-state index in [-0.39, 0.29) is 12.2 Å². The van der Waals surface area contributed by atoms with Crippen LogP contribution >= 0.6 is 0 Å². The van der Waals surface area contributed by atoms with E-state index in [1.54, 1.807) is 6.20 Å². The lowest BCUT2D eigenvalue weighted by Gasteiger charge is -1.96. The van der Waals surface area contributed by atoms with Gasteiger partial charge in [-0.15, -0.1) is 0 Å². The Bertz CT molecular complexity index is 519. The van der Waals surface area contributed by atoms with Crippen molar-refractivity contribution in [1.82, 2.24) is 15.1 Å². The first-order valence-electron chi connectivity index (χ1n) is 4.91. The summed E-state index contributed by atoms with van der Waals surface area (Å²) in [4.78, 5) is 19.2. The predicted molar refractivity (Wildman–Crippen MR) is 56.7 cm³/mol. The van der Waals surface area contributed by atoms with E-state index in [1.807, 2.05) is 19.1 Å². The van der Waals surface area contributed by atoms with Crippen molar-refractivity contribution in [3.8, 4) is 11.5 Å². The normalized spacial score (nSPS) is 10.4. The molecule has 2 aromatic rings. The van der Waals surface area contributed by atoms with Crippen LogP contribution in [0.25, 0.3) is 11.5 Å². The lowest BCUT2D eigenvalue weighted by atomic mass is 10.2. The van der Waals surface area contributed by atoms with Gasteiger partial charge in [-0.2, -0.15) is 4.98 Å². The van der Waals surface area contributed by atoms with Crippen LogP contribution in [0.2, 0.25) is 0 Å². The maximum absolute atomic E-state index is 10.9. The fourth-order valence-electron chi connectivity index (χ4n) is 1.36. The van der Waals surface area contributed by atoms with Crippen LogP contribution in [-0.2, 0) is 11.2 Å². The lowest BCUT2D eigenvalue weighted by Crippen LogP contribution is -1.96. The van der Waals surface area contributed by atoms with Crippen molar-refractivity contribution in [3.05, 3.63) is 29.8 Å². The highest BCUT2D eigenvalue weighted by Gasteiger charge is 2.12. The second-order valence-electron chi connectivity index (χ2n) is 3.56. The van der Waals surface area contributed by atoms with E-state index in [4.69, 9.17) is 4.52 Å². The summed E-state index contributed by atoms with van der Waals surface area (Å²) in [5.74, 6) is 0.745. The van der Waals surface area contributed by atoms with Crippen LogP contribution in [0.1, 0.15) is 18.4 Å². The van der Waals surface area contributed by atoms with E-state index in [2.05, 4.69) is 15.1 Å². The number of aromatic nitrogens is 3. The molecule has 2 rings (SSSR count). The molecule has 0 atom stereocenters. The topological polar surface area (TPSA) is 68.9 Å². The van der Waals surface area contributed by atoms with Gasteiger partial charge in [0.25, 0.3) is 0 Å². The van der Waals surface area contributed by atoms with Crippen LogP contribution in [0.4, 0.5) is 0 Å². The summed E-state index contributed by atoms with van der Waals surface area (Å²) in [5, 5.41) is 3.80. The van der Waals surface area contributed by atoms with Crippen molar-refractivity contribution in [3.63, 3.8) is 0 Å². The van der Waals surface area contributed by atoms with Gasteiger partial charge in [-0.05, 0) is 25.5 Å². The second kappa shape index (κ2) is 4.22. The highest BCUT2D eigenvalue weighted by atomic mass is 16.5. The molecule has 5 heteroatoms. The molecule has 0 saturated heterocycles. The zero-order chi connectivity index (χ0) is 11.5. The SMILES string of the molecule is CC(=O)Cc1nc(-c2ncccc2C)no1. The Morgan fingerprint density at radius 1 is 1.50 bits per heavy atom. The van der Waals surface area contributed by atoms with Gasteiger partial charge in [0.15, 0.2) is 0 Å². The van der Waals surface area contributed by atoms with E-state index >= 15 is 0 Å². The molecular weight excluding hydrogens is 206 g/mol. The van der Waals surface area contributed by atoms with Crippen molar-refractivity contribution in [2.45, 2.75) is 20.3 Å². The minimum Gasteiger partial charge on any atom is -0.338 e. The molecule has 2 heterocycles. The molecule has 0 radical (unpaired) electrons. The van der Waals surface area contributed by atoms with Crippen LogP contribution in [0.15, 0.2) is 22.9 Å². The van der Waals surface area contributed by atoms with Crippen molar-refractivity contribution in [1.29, 1.82) is 0 Å².